The lowest BCUT2D eigenvalue weighted by atomic mass is 9.95. The van der Waals surface area contributed by atoms with Crippen LogP contribution in [0.25, 0.3) is 11.3 Å². The second-order valence-corrected chi connectivity index (χ2v) is 5.98. The van der Waals surface area contributed by atoms with Gasteiger partial charge in [0.1, 0.15) is 23.3 Å². The Morgan fingerprint density at radius 3 is 2.32 bits per heavy atom. The van der Waals surface area contributed by atoms with Crippen LogP contribution in [0.2, 0.25) is 5.02 Å². The number of likely N-dealkylation sites (N-methyl/N-ethyl adjacent to an activating group) is 1. The molecule has 0 amide bonds. The maximum atomic E-state index is 14.4. The molecule has 0 saturated carbocycles. The number of rotatable bonds is 3. The van der Waals surface area contributed by atoms with Crippen molar-refractivity contribution in [2.45, 2.75) is 6.92 Å². The smallest absolute Gasteiger partial charge is 0.138 e. The first-order chi connectivity index (χ1) is 11.9. The SMILES string of the molecule is CCN1CC=CC(c2cc(F)ccc2Cl)=C1c1c(F)cc(F)cc1F. The van der Waals surface area contributed by atoms with E-state index in [1.807, 2.05) is 6.92 Å². The molecule has 0 aromatic heterocycles. The molecular formula is C19H14ClF4N. The molecule has 0 atom stereocenters. The summed E-state index contributed by atoms with van der Waals surface area (Å²) in [5.74, 6) is -3.56. The largest absolute Gasteiger partial charge is 0.367 e. The quantitative estimate of drug-likeness (QED) is 0.633. The zero-order chi connectivity index (χ0) is 18.1. The van der Waals surface area contributed by atoms with E-state index in [1.165, 1.54) is 18.2 Å². The molecule has 1 aliphatic rings. The van der Waals surface area contributed by atoms with E-state index in [0.29, 0.717) is 36.4 Å². The van der Waals surface area contributed by atoms with Crippen molar-refractivity contribution in [2.75, 3.05) is 13.1 Å². The molecule has 0 saturated heterocycles. The van der Waals surface area contributed by atoms with Gasteiger partial charge < -0.3 is 4.90 Å². The van der Waals surface area contributed by atoms with E-state index in [1.54, 1.807) is 17.1 Å². The second kappa shape index (κ2) is 6.92. The molecule has 0 fully saturated rings. The first kappa shape index (κ1) is 17.5. The lowest BCUT2D eigenvalue weighted by Gasteiger charge is -2.31. The van der Waals surface area contributed by atoms with Crippen molar-refractivity contribution in [3.63, 3.8) is 0 Å². The second-order valence-electron chi connectivity index (χ2n) is 5.57. The maximum absolute atomic E-state index is 14.4. The summed E-state index contributed by atoms with van der Waals surface area (Å²) < 4.78 is 55.8. The molecule has 1 heterocycles. The van der Waals surface area contributed by atoms with Gasteiger partial charge in [0.15, 0.2) is 0 Å². The van der Waals surface area contributed by atoms with E-state index in [4.69, 9.17) is 11.6 Å². The Labute approximate surface area is 147 Å². The normalized spacial score (nSPS) is 14.4. The molecule has 130 valence electrons. The minimum absolute atomic E-state index is 0.215. The predicted molar refractivity (Wildman–Crippen MR) is 90.9 cm³/mol. The van der Waals surface area contributed by atoms with Crippen molar-refractivity contribution in [2.24, 2.45) is 0 Å². The molecule has 6 heteroatoms. The van der Waals surface area contributed by atoms with Crippen LogP contribution in [0.4, 0.5) is 17.6 Å². The van der Waals surface area contributed by atoms with Crippen molar-refractivity contribution < 1.29 is 17.6 Å². The lowest BCUT2D eigenvalue weighted by Crippen LogP contribution is -2.26. The number of benzene rings is 2. The molecule has 0 radical (unpaired) electrons. The Kier molecular flexibility index (Phi) is 4.86. The zero-order valence-corrected chi connectivity index (χ0v) is 14.0. The number of hydrogen-bond donors (Lipinski definition) is 0. The fourth-order valence-corrected chi connectivity index (χ4v) is 3.13. The van der Waals surface area contributed by atoms with Crippen LogP contribution in [0.5, 0.6) is 0 Å². The Balaban J connectivity index is 2.35. The van der Waals surface area contributed by atoms with Gasteiger partial charge in [-0.2, -0.15) is 0 Å². The van der Waals surface area contributed by atoms with E-state index < -0.39 is 23.3 Å². The average Bonchev–Trinajstić information content (AvgIpc) is 2.56. The molecule has 2 aromatic carbocycles. The standard InChI is InChI=1S/C19H14ClF4N/c1-2-25-7-3-4-13(14-8-11(21)5-6-15(14)20)19(25)18-16(23)9-12(22)10-17(18)24/h3-6,8-10H,2,7H2,1H3. The van der Waals surface area contributed by atoms with Crippen LogP contribution in [0.1, 0.15) is 18.1 Å². The van der Waals surface area contributed by atoms with Gasteiger partial charge in [-0.15, -0.1) is 0 Å². The van der Waals surface area contributed by atoms with Crippen molar-refractivity contribution in [1.82, 2.24) is 4.90 Å². The van der Waals surface area contributed by atoms with Crippen molar-refractivity contribution >= 4 is 22.9 Å². The molecule has 0 bridgehead atoms. The van der Waals surface area contributed by atoms with Crippen LogP contribution >= 0.6 is 11.6 Å². The Bertz CT molecular complexity index is 866. The summed E-state index contributed by atoms with van der Waals surface area (Å²) in [5, 5.41) is 0.249. The third-order valence-electron chi connectivity index (χ3n) is 4.03. The fourth-order valence-electron chi connectivity index (χ4n) is 2.91. The van der Waals surface area contributed by atoms with E-state index in [2.05, 4.69) is 0 Å². The van der Waals surface area contributed by atoms with E-state index in [-0.39, 0.29) is 16.3 Å². The summed E-state index contributed by atoms with van der Waals surface area (Å²) >= 11 is 6.18. The molecule has 25 heavy (non-hydrogen) atoms. The Morgan fingerprint density at radius 1 is 1.00 bits per heavy atom. The number of hydrogen-bond acceptors (Lipinski definition) is 1. The van der Waals surface area contributed by atoms with Crippen LogP contribution in [-0.2, 0) is 0 Å². The third kappa shape index (κ3) is 3.29. The minimum Gasteiger partial charge on any atom is -0.367 e. The van der Waals surface area contributed by atoms with Crippen LogP contribution in [0.3, 0.4) is 0 Å². The lowest BCUT2D eigenvalue weighted by molar-refractivity contribution is 0.449. The highest BCUT2D eigenvalue weighted by molar-refractivity contribution is 6.32. The van der Waals surface area contributed by atoms with Gasteiger partial charge in [0.05, 0.1) is 11.3 Å². The summed E-state index contributed by atoms with van der Waals surface area (Å²) in [4.78, 5) is 1.72. The molecule has 0 spiro atoms. The summed E-state index contributed by atoms with van der Waals surface area (Å²) in [7, 11) is 0. The first-order valence-electron chi connectivity index (χ1n) is 7.68. The van der Waals surface area contributed by atoms with Crippen LogP contribution in [0, 0.1) is 23.3 Å². The van der Waals surface area contributed by atoms with Crippen molar-refractivity contribution in [3.05, 3.63) is 81.9 Å². The molecule has 3 rings (SSSR count). The summed E-state index contributed by atoms with van der Waals surface area (Å²) in [6.07, 6.45) is 3.44. The molecule has 0 unspecified atom stereocenters. The highest BCUT2D eigenvalue weighted by Gasteiger charge is 2.26. The summed E-state index contributed by atoms with van der Waals surface area (Å²) in [6, 6.07) is 5.05. The van der Waals surface area contributed by atoms with Gasteiger partial charge in [0.2, 0.25) is 0 Å². The first-order valence-corrected chi connectivity index (χ1v) is 8.06. The highest BCUT2D eigenvalue weighted by Crippen LogP contribution is 2.38. The monoisotopic (exact) mass is 367 g/mol. The molecule has 2 aromatic rings. The topological polar surface area (TPSA) is 3.24 Å². The van der Waals surface area contributed by atoms with Gasteiger partial charge in [0, 0.05) is 41.4 Å². The van der Waals surface area contributed by atoms with Crippen LogP contribution in [0.15, 0.2) is 42.5 Å². The summed E-state index contributed by atoms with van der Waals surface area (Å²) in [6.45, 7) is 2.69. The average molecular weight is 368 g/mol. The number of halogens is 5. The highest BCUT2D eigenvalue weighted by atomic mass is 35.5. The van der Waals surface area contributed by atoms with E-state index in [0.717, 1.165) is 0 Å². The molecular weight excluding hydrogens is 354 g/mol. The molecule has 1 aliphatic heterocycles. The van der Waals surface area contributed by atoms with Crippen molar-refractivity contribution in [1.29, 1.82) is 0 Å². The van der Waals surface area contributed by atoms with Crippen molar-refractivity contribution in [3.8, 4) is 0 Å². The van der Waals surface area contributed by atoms with Gasteiger partial charge in [-0.1, -0.05) is 23.8 Å². The third-order valence-corrected chi connectivity index (χ3v) is 4.36. The predicted octanol–water partition coefficient (Wildman–Crippen LogP) is 5.66. The molecule has 0 N–H and O–H groups in total. The van der Waals surface area contributed by atoms with E-state index in [9.17, 15) is 17.6 Å². The Hall–Kier alpha value is -2.27. The van der Waals surface area contributed by atoms with Gasteiger partial charge in [-0.25, -0.2) is 17.6 Å². The Morgan fingerprint density at radius 2 is 1.68 bits per heavy atom. The van der Waals surface area contributed by atoms with Gasteiger partial charge in [0.25, 0.3) is 0 Å². The number of nitrogens with zero attached hydrogens (tertiary/aromatic N) is 1. The maximum Gasteiger partial charge on any atom is 0.138 e. The molecule has 0 aliphatic carbocycles. The van der Waals surface area contributed by atoms with Gasteiger partial charge in [-0.3, -0.25) is 0 Å². The fraction of sp³-hybridized carbons (Fsp3) is 0.158. The van der Waals surface area contributed by atoms with E-state index >= 15 is 0 Å². The minimum atomic E-state index is -1.02. The zero-order valence-electron chi connectivity index (χ0n) is 13.3. The number of allylic oxidation sites excluding steroid dienone is 2. The van der Waals surface area contributed by atoms with Crippen LogP contribution < -0.4 is 0 Å². The summed E-state index contributed by atoms with van der Waals surface area (Å²) in [5.41, 5.74) is 0.548. The van der Waals surface area contributed by atoms with Crippen LogP contribution in [-0.4, -0.2) is 18.0 Å². The van der Waals surface area contributed by atoms with Gasteiger partial charge in [-0.05, 0) is 25.1 Å². The molecule has 1 nitrogen and oxygen atoms in total. The van der Waals surface area contributed by atoms with Gasteiger partial charge >= 0.3 is 0 Å².